The van der Waals surface area contributed by atoms with Crippen molar-refractivity contribution in [3.05, 3.63) is 0 Å². The van der Waals surface area contributed by atoms with E-state index >= 15 is 0 Å². The predicted molar refractivity (Wildman–Crippen MR) is 73.5 cm³/mol. The molecule has 0 radical (unpaired) electrons. The molecule has 19 heavy (non-hydrogen) atoms. The van der Waals surface area contributed by atoms with Crippen molar-refractivity contribution in [1.82, 2.24) is 5.32 Å². The number of rotatable bonds is 7. The van der Waals surface area contributed by atoms with Crippen LogP contribution in [0.1, 0.15) is 58.8 Å². The average Bonchev–Trinajstić information content (AvgIpc) is 2.37. The van der Waals surface area contributed by atoms with Crippen molar-refractivity contribution < 1.29 is 14.6 Å². The lowest BCUT2D eigenvalue weighted by Crippen LogP contribution is -2.67. The highest BCUT2D eigenvalue weighted by Crippen LogP contribution is 2.46. The van der Waals surface area contributed by atoms with Gasteiger partial charge >= 0.3 is 5.97 Å². The number of aliphatic hydroxyl groups is 1. The maximum Gasteiger partial charge on any atom is 0.310 e. The summed E-state index contributed by atoms with van der Waals surface area (Å²) in [5.74, 6) is 0.513. The fraction of sp³-hybridized carbons (Fsp3) is 0.933. The molecule has 0 amide bonds. The topological polar surface area (TPSA) is 58.6 Å². The maximum atomic E-state index is 12.1. The quantitative estimate of drug-likeness (QED) is 0.549. The summed E-state index contributed by atoms with van der Waals surface area (Å²) >= 11 is 0. The zero-order valence-corrected chi connectivity index (χ0v) is 12.2. The molecule has 1 saturated carbocycles. The van der Waals surface area contributed by atoms with Gasteiger partial charge in [0, 0.05) is 18.9 Å². The molecular formula is C15H27NO3. The lowest BCUT2D eigenvalue weighted by atomic mass is 9.69. The summed E-state index contributed by atoms with van der Waals surface area (Å²) in [5.41, 5.74) is -0.466. The Bertz CT molecular complexity index is 313. The van der Waals surface area contributed by atoms with Crippen LogP contribution < -0.4 is 5.32 Å². The van der Waals surface area contributed by atoms with Gasteiger partial charge in [-0.3, -0.25) is 10.1 Å². The van der Waals surface area contributed by atoms with Crippen molar-refractivity contribution in [2.24, 2.45) is 11.8 Å². The zero-order chi connectivity index (χ0) is 13.9. The Morgan fingerprint density at radius 2 is 2.21 bits per heavy atom. The molecule has 2 atom stereocenters. The summed E-state index contributed by atoms with van der Waals surface area (Å²) in [7, 11) is 0. The van der Waals surface area contributed by atoms with E-state index in [-0.39, 0.29) is 24.5 Å². The summed E-state index contributed by atoms with van der Waals surface area (Å²) < 4.78 is 5.71. The van der Waals surface area contributed by atoms with Crippen molar-refractivity contribution in [2.45, 2.75) is 70.6 Å². The van der Waals surface area contributed by atoms with Gasteiger partial charge in [-0.05, 0) is 18.8 Å². The Kier molecular flexibility index (Phi) is 4.85. The van der Waals surface area contributed by atoms with Crippen molar-refractivity contribution in [2.75, 3.05) is 6.61 Å². The van der Waals surface area contributed by atoms with E-state index in [1.165, 1.54) is 12.8 Å². The van der Waals surface area contributed by atoms with Gasteiger partial charge in [-0.1, -0.05) is 33.1 Å². The Labute approximate surface area is 115 Å². The largest absolute Gasteiger partial charge is 0.444 e. The van der Waals surface area contributed by atoms with Crippen molar-refractivity contribution in [3.8, 4) is 0 Å². The molecule has 3 fully saturated rings. The molecule has 2 aliphatic heterocycles. The molecule has 0 aromatic carbocycles. The second-order valence-electron chi connectivity index (χ2n) is 6.35. The monoisotopic (exact) mass is 269 g/mol. The molecular weight excluding hydrogens is 242 g/mol. The van der Waals surface area contributed by atoms with Gasteiger partial charge in [0.15, 0.2) is 5.72 Å². The number of aliphatic hydroxyl groups excluding tert-OH is 1. The van der Waals surface area contributed by atoms with Crippen LogP contribution in [0, 0.1) is 11.8 Å². The average molecular weight is 269 g/mol. The first-order chi connectivity index (χ1) is 9.08. The third kappa shape index (κ3) is 3.48. The minimum atomic E-state index is -0.466. The van der Waals surface area contributed by atoms with Gasteiger partial charge in [-0.25, -0.2) is 0 Å². The fourth-order valence-electron chi connectivity index (χ4n) is 3.34. The molecule has 2 saturated heterocycles. The predicted octanol–water partition coefficient (Wildman–Crippen LogP) is 2.21. The van der Waals surface area contributed by atoms with Crippen LogP contribution in [0.25, 0.3) is 0 Å². The maximum absolute atomic E-state index is 12.1. The van der Waals surface area contributed by atoms with Crippen LogP contribution in [-0.2, 0) is 9.53 Å². The number of unbranched alkanes of at least 4 members (excludes halogenated alkanes) is 2. The first-order valence-corrected chi connectivity index (χ1v) is 7.70. The number of carbonyl (C=O) groups is 1. The van der Waals surface area contributed by atoms with E-state index in [4.69, 9.17) is 4.74 Å². The van der Waals surface area contributed by atoms with Gasteiger partial charge in [-0.15, -0.1) is 0 Å². The standard InChI is InChI=1S/C15H27NO3/c1-3-4-5-6-11(2)14(18)19-15-8-12(9-15)7-13(10-17)16-15/h11-13,16-17H,3-10H2,1-2H3. The van der Waals surface area contributed by atoms with E-state index in [0.29, 0.717) is 5.92 Å². The van der Waals surface area contributed by atoms with Crippen LogP contribution in [-0.4, -0.2) is 29.4 Å². The molecule has 3 rings (SSSR count). The molecule has 4 heteroatoms. The molecule has 2 N–H and O–H groups in total. The van der Waals surface area contributed by atoms with Gasteiger partial charge in [0.25, 0.3) is 0 Å². The van der Waals surface area contributed by atoms with Gasteiger partial charge in [0.1, 0.15) is 0 Å². The van der Waals surface area contributed by atoms with Crippen LogP contribution in [0.2, 0.25) is 0 Å². The van der Waals surface area contributed by atoms with E-state index in [2.05, 4.69) is 12.2 Å². The molecule has 0 aromatic heterocycles. The van der Waals surface area contributed by atoms with E-state index in [9.17, 15) is 9.90 Å². The number of nitrogens with one attached hydrogen (secondary N) is 1. The van der Waals surface area contributed by atoms with Crippen molar-refractivity contribution >= 4 is 5.97 Å². The van der Waals surface area contributed by atoms with Crippen LogP contribution in [0.4, 0.5) is 0 Å². The number of hydrogen-bond acceptors (Lipinski definition) is 4. The number of hydrogen-bond donors (Lipinski definition) is 2. The molecule has 2 unspecified atom stereocenters. The van der Waals surface area contributed by atoms with E-state index in [0.717, 1.165) is 32.1 Å². The Balaban J connectivity index is 1.78. The first-order valence-electron chi connectivity index (χ1n) is 7.70. The summed E-state index contributed by atoms with van der Waals surface area (Å²) in [4.78, 5) is 12.1. The molecule has 0 spiro atoms. The van der Waals surface area contributed by atoms with Gasteiger partial charge in [-0.2, -0.15) is 0 Å². The van der Waals surface area contributed by atoms with Gasteiger partial charge < -0.3 is 9.84 Å². The minimum absolute atomic E-state index is 0.0173. The van der Waals surface area contributed by atoms with Crippen LogP contribution in [0.15, 0.2) is 0 Å². The lowest BCUT2D eigenvalue weighted by Gasteiger charge is -2.54. The van der Waals surface area contributed by atoms with Crippen LogP contribution >= 0.6 is 0 Å². The van der Waals surface area contributed by atoms with E-state index in [1.807, 2.05) is 6.92 Å². The smallest absolute Gasteiger partial charge is 0.310 e. The normalized spacial score (nSPS) is 34.5. The molecule has 3 aliphatic rings. The summed E-state index contributed by atoms with van der Waals surface area (Å²) in [6.07, 6.45) is 7.18. The lowest BCUT2D eigenvalue weighted by molar-refractivity contribution is -0.203. The van der Waals surface area contributed by atoms with Crippen LogP contribution in [0.5, 0.6) is 0 Å². The summed E-state index contributed by atoms with van der Waals surface area (Å²) in [6, 6.07) is 0.0932. The molecule has 4 nitrogen and oxygen atoms in total. The minimum Gasteiger partial charge on any atom is -0.444 e. The van der Waals surface area contributed by atoms with Crippen molar-refractivity contribution in [1.29, 1.82) is 0 Å². The first kappa shape index (κ1) is 14.8. The van der Waals surface area contributed by atoms with E-state index in [1.54, 1.807) is 0 Å². The highest BCUT2D eigenvalue weighted by Gasteiger charge is 2.53. The van der Waals surface area contributed by atoms with Crippen LogP contribution in [0.3, 0.4) is 0 Å². The Morgan fingerprint density at radius 3 is 2.84 bits per heavy atom. The fourth-order valence-corrected chi connectivity index (χ4v) is 3.34. The highest BCUT2D eigenvalue weighted by molar-refractivity contribution is 5.72. The van der Waals surface area contributed by atoms with Crippen molar-refractivity contribution in [3.63, 3.8) is 0 Å². The molecule has 2 heterocycles. The highest BCUT2D eigenvalue weighted by atomic mass is 16.6. The number of ether oxygens (including phenoxy) is 1. The second-order valence-corrected chi connectivity index (χ2v) is 6.35. The van der Waals surface area contributed by atoms with Gasteiger partial charge in [0.2, 0.25) is 0 Å². The SMILES string of the molecule is CCCCCC(C)C(=O)OC12CC(CC(CO)N1)C2. The second kappa shape index (κ2) is 6.23. The number of carbonyl (C=O) groups excluding carboxylic acids is 1. The number of piperidine rings is 2. The van der Waals surface area contributed by atoms with E-state index < -0.39 is 5.72 Å². The zero-order valence-electron chi connectivity index (χ0n) is 12.2. The number of esters is 1. The Hall–Kier alpha value is -0.610. The third-order valence-corrected chi connectivity index (χ3v) is 4.48. The van der Waals surface area contributed by atoms with Gasteiger partial charge in [0.05, 0.1) is 12.5 Å². The molecule has 0 aromatic rings. The number of fused-ring (bicyclic) bond motifs is 2. The molecule has 110 valence electrons. The molecule has 1 aliphatic carbocycles. The third-order valence-electron chi connectivity index (χ3n) is 4.48. The summed E-state index contributed by atoms with van der Waals surface area (Å²) in [5, 5.41) is 12.5. The summed E-state index contributed by atoms with van der Waals surface area (Å²) in [6.45, 7) is 4.25. The molecule has 2 bridgehead atoms. The Morgan fingerprint density at radius 1 is 1.47 bits per heavy atom.